The Labute approximate surface area is 391 Å². The maximum atomic E-state index is 2.50. The minimum atomic E-state index is -0.384. The van der Waals surface area contributed by atoms with Crippen molar-refractivity contribution in [3.8, 4) is 55.6 Å². The van der Waals surface area contributed by atoms with E-state index in [0.717, 1.165) is 11.4 Å². The van der Waals surface area contributed by atoms with Crippen LogP contribution < -0.4 is 4.90 Å². The van der Waals surface area contributed by atoms with Crippen LogP contribution in [0.1, 0.15) is 47.2 Å². The Morgan fingerprint density at radius 3 is 1.42 bits per heavy atom. The Hall–Kier alpha value is -8.26. The Balaban J connectivity index is 0.949. The maximum Gasteiger partial charge on any atom is 0.0725 e. The molecule has 3 aliphatic rings. The SMILES string of the molecule is CC1(C)c2ccccc2-c2c(N(c3ccc(-c4ccc5c(c4)C4(c6ccccc6-c6ccccc64)c4ccccc4-5)cc3)c3ccc(-c4cccc5ccccc45)cc3)cc3ccccc3c21. The van der Waals surface area contributed by atoms with Gasteiger partial charge in [-0.3, -0.25) is 0 Å². The molecule has 0 saturated heterocycles. The second kappa shape index (κ2) is 14.1. The minimum Gasteiger partial charge on any atom is -0.310 e. The van der Waals surface area contributed by atoms with Gasteiger partial charge in [-0.15, -0.1) is 0 Å². The van der Waals surface area contributed by atoms with Crippen molar-refractivity contribution in [1.82, 2.24) is 0 Å². The number of nitrogens with zero attached hydrogens (tertiary/aromatic N) is 1. The van der Waals surface area contributed by atoms with E-state index in [1.807, 2.05) is 0 Å². The lowest BCUT2D eigenvalue weighted by Gasteiger charge is -2.31. The summed E-state index contributed by atoms with van der Waals surface area (Å²) in [5.41, 5.74) is 23.8. The normalized spacial score (nSPS) is 14.1. The van der Waals surface area contributed by atoms with Gasteiger partial charge in [0.15, 0.2) is 0 Å². The zero-order chi connectivity index (χ0) is 44.4. The van der Waals surface area contributed by atoms with E-state index in [4.69, 9.17) is 0 Å². The predicted molar refractivity (Wildman–Crippen MR) is 281 cm³/mol. The summed E-state index contributed by atoms with van der Waals surface area (Å²) in [4.78, 5) is 2.50. The molecule has 1 heteroatoms. The Morgan fingerprint density at radius 1 is 0.313 bits per heavy atom. The third kappa shape index (κ3) is 5.26. The van der Waals surface area contributed by atoms with E-state index < -0.39 is 0 Å². The van der Waals surface area contributed by atoms with Crippen LogP contribution in [0.2, 0.25) is 0 Å². The first-order chi connectivity index (χ1) is 33.0. The number of rotatable bonds is 5. The quantitative estimate of drug-likeness (QED) is 0.167. The standard InChI is InChI=1S/C66H45N/c1-65(2)57-26-11-10-24-56(57)63-62(41-46-17-4-6-20-51(46)64(63)65)67(48-37-32-44(33-38-48)50-25-15-18-43-16-3-5-19-49(43)50)47-35-30-42(31-36-47)45-34-39-55-54-23-9-14-29-60(54)66(61(55)40-45)58-27-12-7-21-52(58)53-22-8-13-28-59(53)66/h3-41H,1-2H3. The Morgan fingerprint density at radius 2 is 0.776 bits per heavy atom. The minimum absolute atomic E-state index is 0.180. The molecule has 0 fully saturated rings. The van der Waals surface area contributed by atoms with Gasteiger partial charge in [-0.05, 0) is 141 Å². The molecule has 11 aromatic carbocycles. The van der Waals surface area contributed by atoms with Gasteiger partial charge in [-0.1, -0.05) is 214 Å². The monoisotopic (exact) mass is 851 g/mol. The third-order valence-electron chi connectivity index (χ3n) is 15.4. The summed E-state index contributed by atoms with van der Waals surface area (Å²) in [5.74, 6) is 0. The van der Waals surface area contributed by atoms with E-state index in [9.17, 15) is 0 Å². The van der Waals surface area contributed by atoms with Crippen molar-refractivity contribution in [3.63, 3.8) is 0 Å². The second-order valence-electron chi connectivity index (χ2n) is 19.1. The van der Waals surface area contributed by atoms with Gasteiger partial charge in [0.1, 0.15) is 0 Å². The molecule has 0 bridgehead atoms. The predicted octanol–water partition coefficient (Wildman–Crippen LogP) is 17.4. The zero-order valence-corrected chi connectivity index (χ0v) is 37.5. The van der Waals surface area contributed by atoms with Gasteiger partial charge in [-0.25, -0.2) is 0 Å². The highest BCUT2D eigenvalue weighted by Gasteiger charge is 2.51. The fraction of sp³-hybridized carbons (Fsp3) is 0.0606. The number of anilines is 3. The van der Waals surface area contributed by atoms with Crippen molar-refractivity contribution in [3.05, 3.63) is 270 Å². The molecular weight excluding hydrogens is 807 g/mol. The third-order valence-corrected chi connectivity index (χ3v) is 15.4. The molecule has 1 spiro atoms. The highest BCUT2D eigenvalue weighted by molar-refractivity contribution is 6.06. The first-order valence-corrected chi connectivity index (χ1v) is 23.6. The molecule has 0 saturated carbocycles. The molecule has 314 valence electrons. The smallest absolute Gasteiger partial charge is 0.0725 e. The van der Waals surface area contributed by atoms with Gasteiger partial charge in [0, 0.05) is 22.4 Å². The average Bonchev–Trinajstić information content (AvgIpc) is 3.95. The molecule has 0 radical (unpaired) electrons. The summed E-state index contributed by atoms with van der Waals surface area (Å²) in [5, 5.41) is 5.07. The van der Waals surface area contributed by atoms with Crippen molar-refractivity contribution in [2.45, 2.75) is 24.7 Å². The van der Waals surface area contributed by atoms with Crippen LogP contribution in [0.4, 0.5) is 17.1 Å². The summed E-state index contributed by atoms with van der Waals surface area (Å²) in [6, 6.07) is 88.6. The van der Waals surface area contributed by atoms with Gasteiger partial charge >= 0.3 is 0 Å². The van der Waals surface area contributed by atoms with Crippen LogP contribution in [0.15, 0.2) is 237 Å². The molecule has 0 amide bonds. The van der Waals surface area contributed by atoms with Crippen LogP contribution in [0.5, 0.6) is 0 Å². The number of benzene rings is 11. The lowest BCUT2D eigenvalue weighted by Crippen LogP contribution is -2.25. The average molecular weight is 852 g/mol. The first-order valence-electron chi connectivity index (χ1n) is 23.6. The Kier molecular flexibility index (Phi) is 8.02. The number of hydrogen-bond acceptors (Lipinski definition) is 1. The van der Waals surface area contributed by atoms with Gasteiger partial charge in [0.2, 0.25) is 0 Å². The van der Waals surface area contributed by atoms with Crippen molar-refractivity contribution in [1.29, 1.82) is 0 Å². The van der Waals surface area contributed by atoms with Gasteiger partial charge in [0.05, 0.1) is 11.1 Å². The Bertz CT molecular complexity index is 3760. The van der Waals surface area contributed by atoms with Crippen molar-refractivity contribution < 1.29 is 0 Å². The van der Waals surface area contributed by atoms with Crippen LogP contribution in [0.25, 0.3) is 77.2 Å². The topological polar surface area (TPSA) is 3.24 Å². The van der Waals surface area contributed by atoms with Crippen LogP contribution >= 0.6 is 0 Å². The fourth-order valence-corrected chi connectivity index (χ4v) is 12.6. The summed E-state index contributed by atoms with van der Waals surface area (Å²) in [6.45, 7) is 4.79. The molecule has 0 unspecified atom stereocenters. The molecule has 0 atom stereocenters. The van der Waals surface area contributed by atoms with Crippen LogP contribution in [0.3, 0.4) is 0 Å². The summed E-state index contributed by atoms with van der Waals surface area (Å²) in [6.07, 6.45) is 0. The summed E-state index contributed by atoms with van der Waals surface area (Å²) >= 11 is 0. The van der Waals surface area contributed by atoms with Crippen LogP contribution in [-0.2, 0) is 10.8 Å². The second-order valence-corrected chi connectivity index (χ2v) is 19.1. The van der Waals surface area contributed by atoms with E-state index in [2.05, 4.69) is 255 Å². The highest BCUT2D eigenvalue weighted by atomic mass is 15.1. The first kappa shape index (κ1) is 38.1. The van der Waals surface area contributed by atoms with E-state index >= 15 is 0 Å². The van der Waals surface area contributed by atoms with Gasteiger partial charge in [-0.2, -0.15) is 0 Å². The zero-order valence-electron chi connectivity index (χ0n) is 37.5. The largest absolute Gasteiger partial charge is 0.310 e. The van der Waals surface area contributed by atoms with Crippen molar-refractivity contribution in [2.24, 2.45) is 0 Å². The van der Waals surface area contributed by atoms with Gasteiger partial charge in [0.25, 0.3) is 0 Å². The van der Waals surface area contributed by atoms with Crippen molar-refractivity contribution >= 4 is 38.6 Å². The summed E-state index contributed by atoms with van der Waals surface area (Å²) < 4.78 is 0. The van der Waals surface area contributed by atoms with E-state index in [0.29, 0.717) is 0 Å². The molecule has 0 aliphatic heterocycles. The lowest BCUT2D eigenvalue weighted by atomic mass is 9.70. The molecule has 3 aliphatic carbocycles. The molecular formula is C66H45N. The van der Waals surface area contributed by atoms with E-state index in [1.54, 1.807) is 0 Å². The highest BCUT2D eigenvalue weighted by Crippen LogP contribution is 2.63. The molecule has 0 N–H and O–H groups in total. The molecule has 67 heavy (non-hydrogen) atoms. The fourth-order valence-electron chi connectivity index (χ4n) is 12.6. The van der Waals surface area contributed by atoms with E-state index in [1.165, 1.54) is 116 Å². The molecule has 0 heterocycles. The van der Waals surface area contributed by atoms with Gasteiger partial charge < -0.3 is 4.90 Å². The molecule has 11 aromatic rings. The number of fused-ring (bicyclic) bond motifs is 16. The van der Waals surface area contributed by atoms with Crippen LogP contribution in [0, 0.1) is 0 Å². The lowest BCUT2D eigenvalue weighted by molar-refractivity contribution is 0.666. The summed E-state index contributed by atoms with van der Waals surface area (Å²) in [7, 11) is 0. The molecule has 0 aromatic heterocycles. The van der Waals surface area contributed by atoms with Crippen molar-refractivity contribution in [2.75, 3.05) is 4.90 Å². The molecule has 1 nitrogen and oxygen atoms in total. The maximum absolute atomic E-state index is 2.50. The van der Waals surface area contributed by atoms with Crippen LogP contribution in [-0.4, -0.2) is 0 Å². The molecule has 14 rings (SSSR count). The number of hydrogen-bond donors (Lipinski definition) is 0. The van der Waals surface area contributed by atoms with E-state index in [-0.39, 0.29) is 10.8 Å².